The standard InChI is InChI=1S/C16H21N3O3S/c1-3-21-9-5-8-17-15(20)14-6-4-7-18-16(14)23-11-13-10-12(2)22-19-13/h4,6-7,10H,3,5,8-9,11H2,1-2H3,(H,17,20). The van der Waals surface area contributed by atoms with Gasteiger partial charge < -0.3 is 14.6 Å². The second-order valence-corrected chi connectivity index (χ2v) is 5.84. The summed E-state index contributed by atoms with van der Waals surface area (Å²) in [5, 5.41) is 7.53. The number of nitrogens with zero attached hydrogens (tertiary/aromatic N) is 2. The average molecular weight is 335 g/mol. The molecule has 1 amide bonds. The molecule has 23 heavy (non-hydrogen) atoms. The van der Waals surface area contributed by atoms with Crippen molar-refractivity contribution in [3.05, 3.63) is 41.4 Å². The molecule has 7 heteroatoms. The Morgan fingerprint density at radius 1 is 1.48 bits per heavy atom. The Bertz CT molecular complexity index is 631. The molecule has 0 aliphatic heterocycles. The van der Waals surface area contributed by atoms with Crippen LogP contribution < -0.4 is 5.32 Å². The summed E-state index contributed by atoms with van der Waals surface area (Å²) in [6, 6.07) is 5.42. The number of aryl methyl sites for hydroxylation is 1. The van der Waals surface area contributed by atoms with Gasteiger partial charge in [-0.05, 0) is 32.4 Å². The summed E-state index contributed by atoms with van der Waals surface area (Å²) in [7, 11) is 0. The molecule has 0 aliphatic carbocycles. The summed E-state index contributed by atoms with van der Waals surface area (Å²) in [6.07, 6.45) is 2.47. The molecule has 0 atom stereocenters. The molecule has 0 saturated carbocycles. The van der Waals surface area contributed by atoms with Crippen LogP contribution in [0.4, 0.5) is 0 Å². The highest BCUT2D eigenvalue weighted by Gasteiger charge is 2.13. The highest BCUT2D eigenvalue weighted by atomic mass is 32.2. The van der Waals surface area contributed by atoms with Gasteiger partial charge in [0, 0.05) is 37.8 Å². The quantitative estimate of drug-likeness (QED) is 0.561. The molecule has 0 unspecified atom stereocenters. The lowest BCUT2D eigenvalue weighted by Gasteiger charge is -2.08. The van der Waals surface area contributed by atoms with E-state index in [9.17, 15) is 4.79 Å². The van der Waals surface area contributed by atoms with Crippen molar-refractivity contribution in [1.29, 1.82) is 0 Å². The van der Waals surface area contributed by atoms with Crippen LogP contribution in [0.2, 0.25) is 0 Å². The van der Waals surface area contributed by atoms with Gasteiger partial charge in [-0.2, -0.15) is 0 Å². The largest absolute Gasteiger partial charge is 0.382 e. The van der Waals surface area contributed by atoms with Gasteiger partial charge in [0.15, 0.2) is 0 Å². The molecular formula is C16H21N3O3S. The van der Waals surface area contributed by atoms with E-state index in [1.54, 1.807) is 18.3 Å². The van der Waals surface area contributed by atoms with E-state index in [0.717, 1.165) is 17.9 Å². The van der Waals surface area contributed by atoms with Gasteiger partial charge >= 0.3 is 0 Å². The van der Waals surface area contributed by atoms with Gasteiger partial charge in [0.25, 0.3) is 5.91 Å². The number of hydrogen-bond donors (Lipinski definition) is 1. The Balaban J connectivity index is 1.89. The van der Waals surface area contributed by atoms with Crippen molar-refractivity contribution in [3.63, 3.8) is 0 Å². The maximum atomic E-state index is 12.3. The number of hydrogen-bond acceptors (Lipinski definition) is 6. The molecule has 0 bridgehead atoms. The van der Waals surface area contributed by atoms with Crippen molar-refractivity contribution < 1.29 is 14.1 Å². The van der Waals surface area contributed by atoms with E-state index < -0.39 is 0 Å². The lowest BCUT2D eigenvalue weighted by Crippen LogP contribution is -2.26. The molecule has 0 fully saturated rings. The highest BCUT2D eigenvalue weighted by molar-refractivity contribution is 7.98. The number of amides is 1. The van der Waals surface area contributed by atoms with Crippen LogP contribution in [0.3, 0.4) is 0 Å². The number of rotatable bonds is 9. The minimum Gasteiger partial charge on any atom is -0.382 e. The van der Waals surface area contributed by atoms with Gasteiger partial charge in [0.05, 0.1) is 11.3 Å². The molecule has 0 spiro atoms. The van der Waals surface area contributed by atoms with E-state index in [0.29, 0.717) is 36.1 Å². The lowest BCUT2D eigenvalue weighted by molar-refractivity contribution is 0.0940. The minimum atomic E-state index is -0.117. The van der Waals surface area contributed by atoms with Crippen LogP contribution in [0.15, 0.2) is 33.9 Å². The number of carbonyl (C=O) groups is 1. The number of thioether (sulfide) groups is 1. The van der Waals surface area contributed by atoms with Gasteiger partial charge in [-0.3, -0.25) is 4.79 Å². The molecule has 2 aromatic heterocycles. The van der Waals surface area contributed by atoms with Gasteiger partial charge in [-0.25, -0.2) is 4.98 Å². The van der Waals surface area contributed by atoms with Crippen molar-refractivity contribution in [3.8, 4) is 0 Å². The van der Waals surface area contributed by atoms with E-state index in [1.807, 2.05) is 19.9 Å². The third-order valence-corrected chi connectivity index (χ3v) is 4.04. The zero-order chi connectivity index (χ0) is 16.5. The lowest BCUT2D eigenvalue weighted by atomic mass is 10.2. The minimum absolute atomic E-state index is 0.117. The molecule has 2 aromatic rings. The summed E-state index contributed by atoms with van der Waals surface area (Å²) in [4.78, 5) is 16.6. The molecule has 0 saturated heterocycles. The fraction of sp³-hybridized carbons (Fsp3) is 0.438. The molecule has 0 radical (unpaired) electrons. The van der Waals surface area contributed by atoms with Crippen LogP contribution in [0.25, 0.3) is 0 Å². The van der Waals surface area contributed by atoms with Crippen LogP contribution in [-0.4, -0.2) is 35.8 Å². The molecule has 1 N–H and O–H groups in total. The molecule has 124 valence electrons. The monoisotopic (exact) mass is 335 g/mol. The topological polar surface area (TPSA) is 77.2 Å². The molecule has 2 rings (SSSR count). The number of carbonyl (C=O) groups excluding carboxylic acids is 1. The van der Waals surface area contributed by atoms with Crippen LogP contribution in [-0.2, 0) is 10.5 Å². The summed E-state index contributed by atoms with van der Waals surface area (Å²) < 4.78 is 10.3. The average Bonchev–Trinajstić information content (AvgIpc) is 2.98. The van der Waals surface area contributed by atoms with Gasteiger partial charge in [-0.15, -0.1) is 0 Å². The van der Waals surface area contributed by atoms with E-state index >= 15 is 0 Å². The zero-order valence-electron chi connectivity index (χ0n) is 13.4. The first-order chi connectivity index (χ1) is 11.2. The van der Waals surface area contributed by atoms with Crippen LogP contribution >= 0.6 is 11.8 Å². The fourth-order valence-corrected chi connectivity index (χ4v) is 2.79. The third-order valence-electron chi connectivity index (χ3n) is 3.00. The SMILES string of the molecule is CCOCCCNC(=O)c1cccnc1SCc1cc(C)on1. The molecule has 0 aromatic carbocycles. The van der Waals surface area contributed by atoms with Gasteiger partial charge in [0.2, 0.25) is 0 Å². The summed E-state index contributed by atoms with van der Waals surface area (Å²) in [5.41, 5.74) is 1.41. The Hall–Kier alpha value is -1.86. The predicted octanol–water partition coefficient (Wildman–Crippen LogP) is 2.83. The number of nitrogens with one attached hydrogen (secondary N) is 1. The normalized spacial score (nSPS) is 10.7. The van der Waals surface area contributed by atoms with E-state index in [-0.39, 0.29) is 5.91 Å². The summed E-state index contributed by atoms with van der Waals surface area (Å²) >= 11 is 1.47. The third kappa shape index (κ3) is 5.69. The second kappa shape index (κ2) is 9.32. The molecule has 6 nitrogen and oxygen atoms in total. The van der Waals surface area contributed by atoms with E-state index in [4.69, 9.17) is 9.26 Å². The zero-order valence-corrected chi connectivity index (χ0v) is 14.2. The summed E-state index contributed by atoms with van der Waals surface area (Å²) in [6.45, 7) is 5.73. The number of pyridine rings is 1. The number of ether oxygens (including phenoxy) is 1. The summed E-state index contributed by atoms with van der Waals surface area (Å²) in [5.74, 6) is 1.27. The maximum absolute atomic E-state index is 12.3. The maximum Gasteiger partial charge on any atom is 0.254 e. The molecule has 0 aliphatic rings. The van der Waals surface area contributed by atoms with Crippen molar-refractivity contribution in [1.82, 2.24) is 15.5 Å². The predicted molar refractivity (Wildman–Crippen MR) is 88.5 cm³/mol. The fourth-order valence-electron chi connectivity index (χ4n) is 1.92. The van der Waals surface area contributed by atoms with Crippen molar-refractivity contribution >= 4 is 17.7 Å². The number of aromatic nitrogens is 2. The van der Waals surface area contributed by atoms with Crippen LogP contribution in [0.1, 0.15) is 35.2 Å². The molecular weight excluding hydrogens is 314 g/mol. The smallest absolute Gasteiger partial charge is 0.254 e. The first-order valence-electron chi connectivity index (χ1n) is 7.56. The first-order valence-corrected chi connectivity index (χ1v) is 8.55. The van der Waals surface area contributed by atoms with Gasteiger partial charge in [-0.1, -0.05) is 16.9 Å². The molecule has 2 heterocycles. The van der Waals surface area contributed by atoms with Crippen LogP contribution in [0.5, 0.6) is 0 Å². The Morgan fingerprint density at radius 2 is 2.35 bits per heavy atom. The second-order valence-electron chi connectivity index (χ2n) is 4.88. The van der Waals surface area contributed by atoms with Crippen LogP contribution in [0, 0.1) is 6.92 Å². The Labute approximate surface area is 140 Å². The highest BCUT2D eigenvalue weighted by Crippen LogP contribution is 2.24. The van der Waals surface area contributed by atoms with Gasteiger partial charge in [0.1, 0.15) is 10.8 Å². The first kappa shape index (κ1) is 17.5. The Kier molecular flexibility index (Phi) is 7.09. The van der Waals surface area contributed by atoms with E-state index in [1.165, 1.54) is 11.8 Å². The van der Waals surface area contributed by atoms with Crippen molar-refractivity contribution in [2.75, 3.05) is 19.8 Å². The Morgan fingerprint density at radius 3 is 3.09 bits per heavy atom. The van der Waals surface area contributed by atoms with E-state index in [2.05, 4.69) is 15.5 Å². The van der Waals surface area contributed by atoms with Crippen molar-refractivity contribution in [2.45, 2.75) is 31.0 Å². The van der Waals surface area contributed by atoms with Crippen molar-refractivity contribution in [2.24, 2.45) is 0 Å².